The summed E-state index contributed by atoms with van der Waals surface area (Å²) in [5, 5.41) is 3.36. The maximum atomic E-state index is 5.88. The summed E-state index contributed by atoms with van der Waals surface area (Å²) in [4.78, 5) is 0. The van der Waals surface area contributed by atoms with Gasteiger partial charge in [0.2, 0.25) is 0 Å². The van der Waals surface area contributed by atoms with E-state index < -0.39 is 0 Å². The van der Waals surface area contributed by atoms with Crippen LogP contribution in [0.15, 0.2) is 48.5 Å². The van der Waals surface area contributed by atoms with Crippen molar-refractivity contribution in [1.29, 1.82) is 0 Å². The van der Waals surface area contributed by atoms with Crippen LogP contribution in [-0.4, -0.2) is 40.1 Å². The largest absolute Gasteiger partial charge is 0.497 e. The lowest BCUT2D eigenvalue weighted by molar-refractivity contribution is 0.146. The van der Waals surface area contributed by atoms with Crippen molar-refractivity contribution >= 4 is 5.69 Å². The van der Waals surface area contributed by atoms with Gasteiger partial charge in [0.05, 0.1) is 20.3 Å². The van der Waals surface area contributed by atoms with Crippen LogP contribution in [0.4, 0.5) is 5.69 Å². The topological polar surface area (TPSA) is 49.0 Å². The minimum Gasteiger partial charge on any atom is -0.497 e. The normalized spacial score (nSPS) is 11.6. The summed E-state index contributed by atoms with van der Waals surface area (Å²) in [6, 6.07) is 15.4. The molecule has 0 aliphatic rings. The first-order valence-electron chi connectivity index (χ1n) is 7.97. The van der Waals surface area contributed by atoms with E-state index in [2.05, 4.69) is 5.32 Å². The Bertz CT molecular complexity index is 601. The molecule has 24 heavy (non-hydrogen) atoms. The molecule has 0 aliphatic heterocycles. The minimum absolute atomic E-state index is 0.0245. The van der Waals surface area contributed by atoms with E-state index >= 15 is 0 Å². The van der Waals surface area contributed by atoms with Gasteiger partial charge in [-0.1, -0.05) is 6.07 Å². The maximum Gasteiger partial charge on any atom is 0.121 e. The molecule has 0 amide bonds. The Balaban J connectivity index is 1.80. The lowest BCUT2D eigenvalue weighted by atomic mass is 10.3. The van der Waals surface area contributed by atoms with Crippen molar-refractivity contribution in [2.75, 3.05) is 39.3 Å². The van der Waals surface area contributed by atoms with Gasteiger partial charge in [-0.3, -0.25) is 0 Å². The van der Waals surface area contributed by atoms with Crippen LogP contribution in [0.25, 0.3) is 0 Å². The van der Waals surface area contributed by atoms with Gasteiger partial charge >= 0.3 is 0 Å². The van der Waals surface area contributed by atoms with E-state index in [9.17, 15) is 0 Å². The van der Waals surface area contributed by atoms with Gasteiger partial charge in [0, 0.05) is 18.9 Å². The molecule has 130 valence electrons. The molecular weight excluding hydrogens is 306 g/mol. The monoisotopic (exact) mass is 331 g/mol. The van der Waals surface area contributed by atoms with E-state index in [-0.39, 0.29) is 6.10 Å². The van der Waals surface area contributed by atoms with Gasteiger partial charge in [-0.05, 0) is 43.3 Å². The van der Waals surface area contributed by atoms with Gasteiger partial charge in [0.25, 0.3) is 0 Å². The summed E-state index contributed by atoms with van der Waals surface area (Å²) in [5.74, 6) is 2.46. The fraction of sp³-hybridized carbons (Fsp3) is 0.368. The van der Waals surface area contributed by atoms with Gasteiger partial charge in [-0.2, -0.15) is 0 Å². The van der Waals surface area contributed by atoms with Crippen LogP contribution in [0.1, 0.15) is 6.92 Å². The van der Waals surface area contributed by atoms with Crippen LogP contribution < -0.4 is 19.5 Å². The summed E-state index contributed by atoms with van der Waals surface area (Å²) in [5.41, 5.74) is 0.995. The molecule has 0 heterocycles. The molecule has 2 aromatic rings. The summed E-state index contributed by atoms with van der Waals surface area (Å²) >= 11 is 0. The predicted octanol–water partition coefficient (Wildman–Crippen LogP) is 3.60. The second-order valence-corrected chi connectivity index (χ2v) is 5.35. The lowest BCUT2D eigenvalue weighted by Crippen LogP contribution is -2.22. The van der Waals surface area contributed by atoms with Crippen LogP contribution in [0.5, 0.6) is 17.2 Å². The molecule has 1 N–H and O–H groups in total. The third-order valence-electron chi connectivity index (χ3n) is 3.38. The zero-order valence-corrected chi connectivity index (χ0v) is 14.5. The Morgan fingerprint density at radius 1 is 0.917 bits per heavy atom. The SMILES string of the molecule is COCCOc1cccc(NCC(C)Oc2ccc(OC)cc2)c1. The third-order valence-corrected chi connectivity index (χ3v) is 3.38. The Morgan fingerprint density at radius 3 is 2.38 bits per heavy atom. The van der Waals surface area contributed by atoms with Gasteiger partial charge in [0.1, 0.15) is 30.0 Å². The van der Waals surface area contributed by atoms with Gasteiger partial charge in [-0.25, -0.2) is 0 Å². The van der Waals surface area contributed by atoms with E-state index in [1.165, 1.54) is 0 Å². The standard InChI is InChI=1S/C19H25NO4/c1-15(24-18-9-7-17(22-3)8-10-18)14-20-16-5-4-6-19(13-16)23-12-11-21-2/h4-10,13,15,20H,11-12,14H2,1-3H3. The van der Waals surface area contributed by atoms with Crippen LogP contribution in [0, 0.1) is 0 Å². The van der Waals surface area contributed by atoms with Gasteiger partial charge in [-0.15, -0.1) is 0 Å². The van der Waals surface area contributed by atoms with E-state index in [1.54, 1.807) is 14.2 Å². The highest BCUT2D eigenvalue weighted by Gasteiger charge is 2.05. The van der Waals surface area contributed by atoms with E-state index in [0.717, 1.165) is 22.9 Å². The highest BCUT2D eigenvalue weighted by atomic mass is 16.5. The summed E-state index contributed by atoms with van der Waals surface area (Å²) < 4.78 is 21.6. The molecule has 0 saturated heterocycles. The van der Waals surface area contributed by atoms with Gasteiger partial charge in [0.15, 0.2) is 0 Å². The fourth-order valence-corrected chi connectivity index (χ4v) is 2.13. The van der Waals surface area contributed by atoms with E-state index in [0.29, 0.717) is 19.8 Å². The van der Waals surface area contributed by atoms with Gasteiger partial charge < -0.3 is 24.3 Å². The zero-order valence-electron chi connectivity index (χ0n) is 14.5. The second-order valence-electron chi connectivity index (χ2n) is 5.35. The quantitative estimate of drug-likeness (QED) is 0.674. The molecule has 0 bridgehead atoms. The second kappa shape index (κ2) is 9.67. The molecule has 2 rings (SSSR count). The number of anilines is 1. The molecule has 0 fully saturated rings. The lowest BCUT2D eigenvalue weighted by Gasteiger charge is -2.17. The smallest absolute Gasteiger partial charge is 0.121 e. The molecular formula is C19H25NO4. The van der Waals surface area contributed by atoms with Crippen molar-refractivity contribution in [1.82, 2.24) is 0 Å². The average Bonchev–Trinajstić information content (AvgIpc) is 2.61. The van der Waals surface area contributed by atoms with Crippen molar-refractivity contribution < 1.29 is 18.9 Å². The third kappa shape index (κ3) is 6.01. The first kappa shape index (κ1) is 17.9. The van der Waals surface area contributed by atoms with Crippen LogP contribution >= 0.6 is 0 Å². The number of ether oxygens (including phenoxy) is 4. The first-order valence-corrected chi connectivity index (χ1v) is 7.97. The Labute approximate surface area is 143 Å². The molecule has 1 unspecified atom stereocenters. The van der Waals surface area contributed by atoms with Crippen LogP contribution in [0.2, 0.25) is 0 Å². The zero-order chi connectivity index (χ0) is 17.2. The Hall–Kier alpha value is -2.40. The van der Waals surface area contributed by atoms with Crippen molar-refractivity contribution in [2.24, 2.45) is 0 Å². The molecule has 0 radical (unpaired) electrons. The van der Waals surface area contributed by atoms with Crippen LogP contribution in [-0.2, 0) is 4.74 Å². The summed E-state index contributed by atoms with van der Waals surface area (Å²) in [6.07, 6.45) is 0.0245. The van der Waals surface area contributed by atoms with Crippen molar-refractivity contribution in [3.63, 3.8) is 0 Å². The van der Waals surface area contributed by atoms with Crippen LogP contribution in [0.3, 0.4) is 0 Å². The number of rotatable bonds is 10. The highest BCUT2D eigenvalue weighted by Crippen LogP contribution is 2.19. The minimum atomic E-state index is 0.0245. The highest BCUT2D eigenvalue weighted by molar-refractivity contribution is 5.48. The van der Waals surface area contributed by atoms with E-state index in [1.807, 2.05) is 55.5 Å². The number of hydrogen-bond donors (Lipinski definition) is 1. The fourth-order valence-electron chi connectivity index (χ4n) is 2.13. The number of nitrogens with one attached hydrogen (secondary N) is 1. The Morgan fingerprint density at radius 2 is 1.67 bits per heavy atom. The van der Waals surface area contributed by atoms with Crippen molar-refractivity contribution in [3.8, 4) is 17.2 Å². The van der Waals surface area contributed by atoms with Crippen molar-refractivity contribution in [2.45, 2.75) is 13.0 Å². The molecule has 1 atom stereocenters. The predicted molar refractivity (Wildman–Crippen MR) is 95.4 cm³/mol. The molecule has 0 aromatic heterocycles. The average molecular weight is 331 g/mol. The molecule has 0 saturated carbocycles. The Kier molecular flexibility index (Phi) is 7.23. The maximum absolute atomic E-state index is 5.88. The number of hydrogen-bond acceptors (Lipinski definition) is 5. The molecule has 2 aromatic carbocycles. The molecule has 5 nitrogen and oxygen atoms in total. The van der Waals surface area contributed by atoms with Crippen molar-refractivity contribution in [3.05, 3.63) is 48.5 Å². The summed E-state index contributed by atoms with van der Waals surface area (Å²) in [6.45, 7) is 3.82. The molecule has 0 aliphatic carbocycles. The summed E-state index contributed by atoms with van der Waals surface area (Å²) in [7, 11) is 3.31. The molecule has 0 spiro atoms. The van der Waals surface area contributed by atoms with E-state index in [4.69, 9.17) is 18.9 Å². The number of methoxy groups -OCH3 is 2. The molecule has 5 heteroatoms. The first-order chi connectivity index (χ1) is 11.7. The number of benzene rings is 2.